The minimum atomic E-state index is -0.938. The van der Waals surface area contributed by atoms with E-state index in [-0.39, 0.29) is 22.1 Å². The molecule has 1 heterocycles. The highest BCUT2D eigenvalue weighted by molar-refractivity contribution is 6.51. The van der Waals surface area contributed by atoms with Crippen molar-refractivity contribution in [1.82, 2.24) is 0 Å². The zero-order valence-corrected chi connectivity index (χ0v) is 19.8. The molecule has 2 N–H and O–H groups in total. The molecule has 1 saturated heterocycles. The van der Waals surface area contributed by atoms with Gasteiger partial charge in [0.15, 0.2) is 0 Å². The zero-order valence-electron chi connectivity index (χ0n) is 19.0. The van der Waals surface area contributed by atoms with Crippen LogP contribution >= 0.6 is 11.6 Å². The lowest BCUT2D eigenvalue weighted by atomic mass is 9.93. The number of phenolic OH excluding ortho intramolecular Hbond substituents is 1. The maximum Gasteiger partial charge on any atom is 0.300 e. The smallest absolute Gasteiger partial charge is 0.300 e. The van der Waals surface area contributed by atoms with Crippen LogP contribution in [0, 0.1) is 6.92 Å². The summed E-state index contributed by atoms with van der Waals surface area (Å²) in [6.07, 6.45) is 0.826. The van der Waals surface area contributed by atoms with Crippen LogP contribution in [0.15, 0.2) is 66.2 Å². The van der Waals surface area contributed by atoms with Crippen molar-refractivity contribution >= 4 is 34.7 Å². The Balaban J connectivity index is 1.95. The summed E-state index contributed by atoms with van der Waals surface area (Å²) in [5.41, 5.74) is 3.11. The summed E-state index contributed by atoms with van der Waals surface area (Å²) < 4.78 is 5.24. The summed E-state index contributed by atoms with van der Waals surface area (Å²) in [4.78, 5) is 27.9. The average Bonchev–Trinajstić information content (AvgIpc) is 3.10. The van der Waals surface area contributed by atoms with Crippen molar-refractivity contribution in [1.29, 1.82) is 0 Å². The topological polar surface area (TPSA) is 87.1 Å². The van der Waals surface area contributed by atoms with Gasteiger partial charge < -0.3 is 14.9 Å². The standard InChI is InChI=1S/C27H24ClNO5/c1-4-16-5-8-18(9-6-16)29-24(17-7-12-22(30)21(28)14-17)23(26(32)27(29)33)25(31)20-11-10-19(34-3)13-15(20)2/h5-14,24,30-31H,4H2,1-3H3/b25-23-. The third-order valence-electron chi connectivity index (χ3n) is 6.04. The van der Waals surface area contributed by atoms with E-state index in [0.29, 0.717) is 28.1 Å². The molecule has 0 aliphatic carbocycles. The van der Waals surface area contributed by atoms with Crippen LogP contribution in [0.25, 0.3) is 5.76 Å². The van der Waals surface area contributed by atoms with Gasteiger partial charge in [0.25, 0.3) is 11.7 Å². The van der Waals surface area contributed by atoms with Crippen LogP contribution in [0.3, 0.4) is 0 Å². The van der Waals surface area contributed by atoms with Gasteiger partial charge in [-0.15, -0.1) is 0 Å². The van der Waals surface area contributed by atoms with Crippen LogP contribution in [0.5, 0.6) is 11.5 Å². The van der Waals surface area contributed by atoms with Gasteiger partial charge >= 0.3 is 0 Å². The second kappa shape index (κ2) is 9.23. The van der Waals surface area contributed by atoms with Gasteiger partial charge in [0.05, 0.1) is 23.7 Å². The van der Waals surface area contributed by atoms with Crippen molar-refractivity contribution in [2.45, 2.75) is 26.3 Å². The van der Waals surface area contributed by atoms with E-state index in [1.165, 1.54) is 24.1 Å². The molecule has 7 heteroatoms. The number of anilines is 1. The van der Waals surface area contributed by atoms with Crippen molar-refractivity contribution in [3.63, 3.8) is 0 Å². The van der Waals surface area contributed by atoms with Gasteiger partial charge in [0.2, 0.25) is 0 Å². The monoisotopic (exact) mass is 477 g/mol. The number of aliphatic hydroxyl groups excluding tert-OH is 1. The number of hydrogen-bond donors (Lipinski definition) is 2. The van der Waals surface area contributed by atoms with Gasteiger partial charge in [0, 0.05) is 11.3 Å². The lowest BCUT2D eigenvalue weighted by molar-refractivity contribution is -0.132. The summed E-state index contributed by atoms with van der Waals surface area (Å²) in [6, 6.07) is 15.9. The summed E-state index contributed by atoms with van der Waals surface area (Å²) in [7, 11) is 1.54. The summed E-state index contributed by atoms with van der Waals surface area (Å²) in [5, 5.41) is 21.3. The van der Waals surface area contributed by atoms with Crippen LogP contribution in [-0.2, 0) is 16.0 Å². The van der Waals surface area contributed by atoms with Gasteiger partial charge in [-0.05, 0) is 72.5 Å². The highest BCUT2D eigenvalue weighted by Gasteiger charge is 2.47. The highest BCUT2D eigenvalue weighted by Crippen LogP contribution is 2.44. The molecule has 0 saturated carbocycles. The predicted octanol–water partition coefficient (Wildman–Crippen LogP) is 5.55. The van der Waals surface area contributed by atoms with Crippen molar-refractivity contribution in [3.8, 4) is 11.5 Å². The molecule has 3 aromatic carbocycles. The Morgan fingerprint density at radius 1 is 1.06 bits per heavy atom. The van der Waals surface area contributed by atoms with E-state index in [0.717, 1.165) is 12.0 Å². The maximum absolute atomic E-state index is 13.3. The van der Waals surface area contributed by atoms with Crippen LogP contribution in [0.2, 0.25) is 5.02 Å². The summed E-state index contributed by atoms with van der Waals surface area (Å²) >= 11 is 6.17. The first-order valence-corrected chi connectivity index (χ1v) is 11.2. The Labute approximate surface area is 202 Å². The van der Waals surface area contributed by atoms with Gasteiger partial charge in [0.1, 0.15) is 17.3 Å². The Bertz CT molecular complexity index is 1310. The van der Waals surface area contributed by atoms with Crippen molar-refractivity contribution in [2.24, 2.45) is 0 Å². The SMILES string of the molecule is CCc1ccc(N2C(=O)C(=O)/C(=C(\O)c3ccc(OC)cc3C)C2c2ccc(O)c(Cl)c2)cc1. The maximum atomic E-state index is 13.3. The fraction of sp³-hybridized carbons (Fsp3) is 0.185. The first-order valence-electron chi connectivity index (χ1n) is 10.8. The summed E-state index contributed by atoms with van der Waals surface area (Å²) in [6.45, 7) is 3.81. The number of aryl methyl sites for hydroxylation is 2. The summed E-state index contributed by atoms with van der Waals surface area (Å²) in [5.74, 6) is -1.37. The minimum Gasteiger partial charge on any atom is -0.507 e. The molecule has 0 bridgehead atoms. The number of halogens is 1. The molecular weight excluding hydrogens is 454 g/mol. The van der Waals surface area contributed by atoms with E-state index in [2.05, 4.69) is 0 Å². The van der Waals surface area contributed by atoms with Crippen LogP contribution in [0.1, 0.15) is 35.2 Å². The molecule has 1 atom stereocenters. The molecule has 1 aliphatic rings. The molecule has 174 valence electrons. The van der Waals surface area contributed by atoms with Crippen LogP contribution in [-0.4, -0.2) is 29.0 Å². The lowest BCUT2D eigenvalue weighted by Crippen LogP contribution is -2.29. The van der Waals surface area contributed by atoms with E-state index in [4.69, 9.17) is 16.3 Å². The number of benzene rings is 3. The molecule has 1 unspecified atom stereocenters. The molecule has 0 radical (unpaired) electrons. The first kappa shape index (κ1) is 23.4. The van der Waals surface area contributed by atoms with Crippen LogP contribution < -0.4 is 9.64 Å². The number of nitrogens with zero attached hydrogens (tertiary/aromatic N) is 1. The van der Waals surface area contributed by atoms with Gasteiger partial charge in [-0.25, -0.2) is 0 Å². The number of hydrogen-bond acceptors (Lipinski definition) is 5. The van der Waals surface area contributed by atoms with E-state index < -0.39 is 17.7 Å². The quantitative estimate of drug-likeness (QED) is 0.286. The van der Waals surface area contributed by atoms with Crippen LogP contribution in [0.4, 0.5) is 5.69 Å². The van der Waals surface area contributed by atoms with Crippen molar-refractivity contribution in [3.05, 3.63) is 93.5 Å². The number of carbonyl (C=O) groups excluding carboxylic acids is 2. The molecular formula is C27H24ClNO5. The number of rotatable bonds is 5. The van der Waals surface area contributed by atoms with Gasteiger partial charge in [-0.2, -0.15) is 0 Å². The van der Waals surface area contributed by atoms with Gasteiger partial charge in [-0.1, -0.05) is 36.7 Å². The molecule has 1 fully saturated rings. The van der Waals surface area contributed by atoms with E-state index in [1.807, 2.05) is 19.1 Å². The highest BCUT2D eigenvalue weighted by atomic mass is 35.5. The molecule has 0 aromatic heterocycles. The van der Waals surface area contributed by atoms with E-state index in [1.54, 1.807) is 43.3 Å². The van der Waals surface area contributed by atoms with E-state index >= 15 is 0 Å². The molecule has 3 aromatic rings. The normalized spacial score (nSPS) is 17.3. The minimum absolute atomic E-state index is 0.0559. The molecule has 1 aliphatic heterocycles. The largest absolute Gasteiger partial charge is 0.507 e. The van der Waals surface area contributed by atoms with Crippen molar-refractivity contribution < 1.29 is 24.5 Å². The number of methoxy groups -OCH3 is 1. The number of aliphatic hydroxyl groups is 1. The fourth-order valence-electron chi connectivity index (χ4n) is 4.17. The predicted molar refractivity (Wildman–Crippen MR) is 131 cm³/mol. The number of ether oxygens (including phenoxy) is 1. The number of amides is 1. The molecule has 0 spiro atoms. The number of Topliss-reactive ketones (excluding diaryl/α,β-unsaturated/α-hetero) is 1. The third-order valence-corrected chi connectivity index (χ3v) is 6.35. The average molecular weight is 478 g/mol. The molecule has 34 heavy (non-hydrogen) atoms. The zero-order chi connectivity index (χ0) is 24.6. The number of phenols is 1. The molecule has 1 amide bonds. The molecule has 6 nitrogen and oxygen atoms in total. The number of aromatic hydroxyl groups is 1. The fourth-order valence-corrected chi connectivity index (χ4v) is 4.36. The third kappa shape index (κ3) is 4.01. The Kier molecular flexibility index (Phi) is 6.35. The van der Waals surface area contributed by atoms with Crippen molar-refractivity contribution in [2.75, 3.05) is 12.0 Å². The Hall–Kier alpha value is -3.77. The number of ketones is 1. The Morgan fingerprint density at radius 2 is 1.76 bits per heavy atom. The van der Waals surface area contributed by atoms with Gasteiger partial charge in [-0.3, -0.25) is 14.5 Å². The second-order valence-electron chi connectivity index (χ2n) is 8.08. The molecule has 4 rings (SSSR count). The second-order valence-corrected chi connectivity index (χ2v) is 8.49. The Morgan fingerprint density at radius 3 is 2.35 bits per heavy atom. The first-order chi connectivity index (χ1) is 16.3. The van der Waals surface area contributed by atoms with E-state index in [9.17, 15) is 19.8 Å². The lowest BCUT2D eigenvalue weighted by Gasteiger charge is -2.26. The number of carbonyl (C=O) groups is 2.